The van der Waals surface area contributed by atoms with E-state index in [1.54, 1.807) is 16.9 Å². The zero-order chi connectivity index (χ0) is 27.0. The van der Waals surface area contributed by atoms with Crippen molar-refractivity contribution in [2.24, 2.45) is 18.0 Å². The highest BCUT2D eigenvalue weighted by atomic mass is 35.5. The molecule has 0 saturated carbocycles. The van der Waals surface area contributed by atoms with Gasteiger partial charge in [0.2, 0.25) is 0 Å². The molecule has 0 bridgehead atoms. The molecule has 2 aromatic heterocycles. The Morgan fingerprint density at radius 1 is 1.32 bits per heavy atom. The van der Waals surface area contributed by atoms with Crippen molar-refractivity contribution in [3.05, 3.63) is 74.8 Å². The number of aromatic nitrogens is 3. The van der Waals surface area contributed by atoms with Crippen LogP contribution in [0.25, 0.3) is 5.57 Å². The first-order chi connectivity index (χ1) is 18.1. The first-order valence-electron chi connectivity index (χ1n) is 12.5. The lowest BCUT2D eigenvalue weighted by atomic mass is 9.91. The van der Waals surface area contributed by atoms with Gasteiger partial charge in [-0.05, 0) is 57.7 Å². The molecule has 4 heterocycles. The maximum atomic E-state index is 14.0. The number of aliphatic imine (C=N–C) groups is 1. The molecule has 1 fully saturated rings. The predicted octanol–water partition coefficient (Wildman–Crippen LogP) is 5.82. The van der Waals surface area contributed by atoms with Crippen molar-refractivity contribution >= 4 is 40.4 Å². The number of hydrogen-bond acceptors (Lipinski definition) is 7. The highest BCUT2D eigenvalue weighted by Crippen LogP contribution is 2.47. The predicted molar refractivity (Wildman–Crippen MR) is 147 cm³/mol. The van der Waals surface area contributed by atoms with E-state index in [0.29, 0.717) is 17.1 Å². The Morgan fingerprint density at radius 3 is 2.79 bits per heavy atom. The van der Waals surface area contributed by atoms with Gasteiger partial charge in [-0.2, -0.15) is 5.10 Å². The van der Waals surface area contributed by atoms with Gasteiger partial charge in [0.05, 0.1) is 5.69 Å². The van der Waals surface area contributed by atoms with Gasteiger partial charge in [0.15, 0.2) is 10.8 Å². The van der Waals surface area contributed by atoms with Gasteiger partial charge in [-0.25, -0.2) is 14.2 Å². The molecule has 5 rings (SSSR count). The largest absolute Gasteiger partial charge is 0.444 e. The van der Waals surface area contributed by atoms with Crippen molar-refractivity contribution in [2.75, 3.05) is 13.1 Å². The van der Waals surface area contributed by atoms with Crippen molar-refractivity contribution < 1.29 is 13.9 Å². The van der Waals surface area contributed by atoms with Crippen LogP contribution in [0.5, 0.6) is 0 Å². The third-order valence-corrected chi connectivity index (χ3v) is 7.53. The van der Waals surface area contributed by atoms with E-state index < -0.39 is 23.6 Å². The van der Waals surface area contributed by atoms with Gasteiger partial charge >= 0.3 is 6.09 Å². The molecule has 200 valence electrons. The van der Waals surface area contributed by atoms with E-state index in [0.717, 1.165) is 47.2 Å². The van der Waals surface area contributed by atoms with Crippen molar-refractivity contribution in [1.82, 2.24) is 25.0 Å². The second-order valence-corrected chi connectivity index (χ2v) is 11.8. The molecule has 1 aromatic carbocycles. The fourth-order valence-electron chi connectivity index (χ4n) is 4.89. The number of amidine groups is 1. The number of fused-ring (bicyclic) bond motifs is 1. The van der Waals surface area contributed by atoms with Crippen LogP contribution < -0.4 is 5.32 Å². The standard InChI is InChI=1S/C27H30ClFN6O2S/c1-27(2,3)37-26(36)31-9-7-16-13-21-22(20-8-11-34(4)33-20)23(18-6-5-17(29)14-19(18)28)32-24(35(21)15-16)25-30-10-12-38-25/h5-6,8,10-12,14,16,23H,7,9,13,15H2,1-4H3,(H,31,36)/t16?,23-/m0/s1. The number of halogens is 2. The summed E-state index contributed by atoms with van der Waals surface area (Å²) in [6.45, 7) is 6.75. The molecule has 0 aliphatic carbocycles. The minimum atomic E-state index is -0.545. The van der Waals surface area contributed by atoms with Gasteiger partial charge in [0, 0.05) is 59.8 Å². The Labute approximate surface area is 230 Å². The average molecular weight is 557 g/mol. The number of nitrogens with one attached hydrogen (secondary N) is 1. The summed E-state index contributed by atoms with van der Waals surface area (Å²) in [6, 6.07) is 5.92. The maximum absolute atomic E-state index is 14.0. The Hall–Kier alpha value is -3.24. The number of alkyl carbamates (subject to hydrolysis) is 1. The first-order valence-corrected chi connectivity index (χ1v) is 13.7. The van der Waals surface area contributed by atoms with Crippen LogP contribution in [-0.4, -0.2) is 50.3 Å². The number of rotatable bonds is 6. The van der Waals surface area contributed by atoms with Gasteiger partial charge in [-0.15, -0.1) is 11.3 Å². The minimum Gasteiger partial charge on any atom is -0.444 e. The molecule has 0 radical (unpaired) electrons. The molecule has 2 aliphatic heterocycles. The van der Waals surface area contributed by atoms with Crippen molar-refractivity contribution in [3.8, 4) is 0 Å². The van der Waals surface area contributed by atoms with Gasteiger partial charge in [0.25, 0.3) is 0 Å². The molecule has 2 atom stereocenters. The number of carbonyl (C=O) groups excluding carboxylic acids is 1. The molecule has 1 unspecified atom stereocenters. The van der Waals surface area contributed by atoms with Crippen LogP contribution in [0.3, 0.4) is 0 Å². The summed E-state index contributed by atoms with van der Waals surface area (Å²) in [7, 11) is 1.87. The molecular formula is C27H30ClFN6O2S. The number of thiazole rings is 1. The molecule has 1 saturated heterocycles. The summed E-state index contributed by atoms with van der Waals surface area (Å²) in [5, 5.41) is 10.6. The van der Waals surface area contributed by atoms with Gasteiger partial charge in [-0.1, -0.05) is 17.7 Å². The van der Waals surface area contributed by atoms with Crippen molar-refractivity contribution in [2.45, 2.75) is 45.3 Å². The fraction of sp³-hybridized carbons (Fsp3) is 0.407. The number of ether oxygens (including phenoxy) is 1. The van der Waals surface area contributed by atoms with Crippen LogP contribution in [0.4, 0.5) is 9.18 Å². The van der Waals surface area contributed by atoms with Crippen LogP contribution in [0.15, 0.2) is 52.7 Å². The fourth-order valence-corrected chi connectivity index (χ4v) is 5.80. The zero-order valence-corrected chi connectivity index (χ0v) is 23.3. The highest BCUT2D eigenvalue weighted by molar-refractivity contribution is 7.11. The van der Waals surface area contributed by atoms with Gasteiger partial charge in [0.1, 0.15) is 17.5 Å². The third-order valence-electron chi connectivity index (χ3n) is 6.43. The van der Waals surface area contributed by atoms with E-state index in [1.807, 2.05) is 45.5 Å². The van der Waals surface area contributed by atoms with Crippen LogP contribution >= 0.6 is 22.9 Å². The van der Waals surface area contributed by atoms with Crippen LogP contribution in [0.2, 0.25) is 5.02 Å². The second-order valence-electron chi connectivity index (χ2n) is 10.5. The molecule has 1 amide bonds. The summed E-state index contributed by atoms with van der Waals surface area (Å²) >= 11 is 8.09. The number of nitrogens with zero attached hydrogens (tertiary/aromatic N) is 5. The van der Waals surface area contributed by atoms with Crippen LogP contribution in [0.1, 0.15) is 55.9 Å². The number of carbonyl (C=O) groups is 1. The number of allylic oxidation sites excluding steroid dienone is 1. The quantitative estimate of drug-likeness (QED) is 0.413. The normalized spacial score (nSPS) is 19.4. The second kappa shape index (κ2) is 10.5. The van der Waals surface area contributed by atoms with Crippen LogP contribution in [0, 0.1) is 11.7 Å². The average Bonchev–Trinajstić information content (AvgIpc) is 3.58. The van der Waals surface area contributed by atoms with Crippen LogP contribution in [-0.2, 0) is 11.8 Å². The Balaban J connectivity index is 1.51. The zero-order valence-electron chi connectivity index (χ0n) is 21.7. The monoisotopic (exact) mass is 556 g/mol. The molecule has 1 N–H and O–H groups in total. The van der Waals surface area contributed by atoms with E-state index in [9.17, 15) is 9.18 Å². The number of aryl methyl sites for hydroxylation is 1. The SMILES string of the molecule is Cn1ccc(C2=C3CC(CCNC(=O)OC(C)(C)C)CN3C(c3nccs3)=N[C@H]2c2ccc(F)cc2Cl)n1. The van der Waals surface area contributed by atoms with E-state index >= 15 is 0 Å². The van der Waals surface area contributed by atoms with E-state index in [4.69, 9.17) is 26.4 Å². The van der Waals surface area contributed by atoms with E-state index in [1.165, 1.54) is 23.5 Å². The lowest BCUT2D eigenvalue weighted by Gasteiger charge is -2.32. The van der Waals surface area contributed by atoms with Gasteiger partial charge in [-0.3, -0.25) is 9.67 Å². The molecule has 11 heteroatoms. The summed E-state index contributed by atoms with van der Waals surface area (Å²) in [5.74, 6) is 0.625. The Morgan fingerprint density at radius 2 is 2.13 bits per heavy atom. The lowest BCUT2D eigenvalue weighted by molar-refractivity contribution is 0.0525. The maximum Gasteiger partial charge on any atom is 0.407 e. The minimum absolute atomic E-state index is 0.256. The first kappa shape index (κ1) is 26.4. The number of benzene rings is 1. The third kappa shape index (κ3) is 5.61. The van der Waals surface area contributed by atoms with Gasteiger partial charge < -0.3 is 15.0 Å². The molecule has 38 heavy (non-hydrogen) atoms. The topological polar surface area (TPSA) is 84.6 Å². The summed E-state index contributed by atoms with van der Waals surface area (Å²) in [5.41, 5.74) is 3.01. The number of amides is 1. The highest BCUT2D eigenvalue weighted by Gasteiger charge is 2.40. The Kier molecular flexibility index (Phi) is 7.28. The number of hydrogen-bond donors (Lipinski definition) is 1. The Bertz CT molecular complexity index is 1390. The lowest BCUT2D eigenvalue weighted by Crippen LogP contribution is -2.35. The smallest absolute Gasteiger partial charge is 0.407 e. The van der Waals surface area contributed by atoms with E-state index in [2.05, 4.69) is 15.2 Å². The summed E-state index contributed by atoms with van der Waals surface area (Å²) in [4.78, 5) is 24.1. The van der Waals surface area contributed by atoms with Crippen molar-refractivity contribution in [1.29, 1.82) is 0 Å². The van der Waals surface area contributed by atoms with Crippen molar-refractivity contribution in [3.63, 3.8) is 0 Å². The molecule has 0 spiro atoms. The molecule has 2 aliphatic rings. The molecular weight excluding hydrogens is 527 g/mol. The summed E-state index contributed by atoms with van der Waals surface area (Å²) in [6.07, 6.45) is 4.77. The van der Waals surface area contributed by atoms with E-state index in [-0.39, 0.29) is 5.92 Å². The molecule has 3 aromatic rings. The summed E-state index contributed by atoms with van der Waals surface area (Å²) < 4.78 is 21.1. The molecule has 8 nitrogen and oxygen atoms in total.